The van der Waals surface area contributed by atoms with Gasteiger partial charge >= 0.3 is 0 Å². The van der Waals surface area contributed by atoms with E-state index in [4.69, 9.17) is 5.73 Å². The molecule has 2 aromatic carbocycles. The highest BCUT2D eigenvalue weighted by molar-refractivity contribution is 5.95. The maximum Gasteiger partial charge on any atom is 0.251 e. The molecule has 0 saturated carbocycles. The molecule has 0 aliphatic rings. The average molecular weight is 354 g/mol. The van der Waals surface area contributed by atoms with E-state index in [0.717, 1.165) is 22.4 Å². The lowest BCUT2D eigenvalue weighted by atomic mass is 10.1. The number of benzene rings is 2. The zero-order valence-electron chi connectivity index (χ0n) is 13.7. The van der Waals surface area contributed by atoms with E-state index in [1.54, 1.807) is 12.3 Å². The molecule has 5 heteroatoms. The molecule has 4 nitrogen and oxygen atoms in total. The minimum atomic E-state index is -0.101. The van der Waals surface area contributed by atoms with E-state index in [9.17, 15) is 4.79 Å². The molecule has 1 aromatic heterocycles. The SMILES string of the molecule is Cl.NCc1ccnc(-c2cccc(C(=O)NCc3ccccc3)c2)c1. The van der Waals surface area contributed by atoms with Crippen LogP contribution >= 0.6 is 12.4 Å². The van der Waals surface area contributed by atoms with Crippen molar-refractivity contribution in [2.24, 2.45) is 5.73 Å². The number of pyridine rings is 1. The number of carbonyl (C=O) groups excluding carboxylic acids is 1. The highest BCUT2D eigenvalue weighted by Crippen LogP contribution is 2.19. The second-order valence-electron chi connectivity index (χ2n) is 5.50. The van der Waals surface area contributed by atoms with Gasteiger partial charge in [-0.2, -0.15) is 0 Å². The topological polar surface area (TPSA) is 68.0 Å². The molecular weight excluding hydrogens is 334 g/mol. The quantitative estimate of drug-likeness (QED) is 0.737. The van der Waals surface area contributed by atoms with Crippen LogP contribution < -0.4 is 11.1 Å². The Labute approximate surface area is 153 Å². The van der Waals surface area contributed by atoms with Crippen molar-refractivity contribution < 1.29 is 4.79 Å². The van der Waals surface area contributed by atoms with Gasteiger partial charge in [0.1, 0.15) is 0 Å². The summed E-state index contributed by atoms with van der Waals surface area (Å²) in [6.07, 6.45) is 1.74. The maximum atomic E-state index is 12.4. The van der Waals surface area contributed by atoms with Crippen molar-refractivity contribution in [2.75, 3.05) is 0 Å². The molecule has 0 spiro atoms. The maximum absolute atomic E-state index is 12.4. The summed E-state index contributed by atoms with van der Waals surface area (Å²) in [6, 6.07) is 21.1. The number of nitrogens with one attached hydrogen (secondary N) is 1. The van der Waals surface area contributed by atoms with Crippen molar-refractivity contribution in [2.45, 2.75) is 13.1 Å². The van der Waals surface area contributed by atoms with Gasteiger partial charge < -0.3 is 11.1 Å². The Hall–Kier alpha value is -2.69. The Bertz CT molecular complexity index is 837. The van der Waals surface area contributed by atoms with Gasteiger partial charge in [0.15, 0.2) is 0 Å². The largest absolute Gasteiger partial charge is 0.348 e. The molecule has 0 bridgehead atoms. The van der Waals surface area contributed by atoms with Crippen LogP contribution in [0.1, 0.15) is 21.5 Å². The van der Waals surface area contributed by atoms with Crippen LogP contribution in [-0.4, -0.2) is 10.9 Å². The fourth-order valence-electron chi connectivity index (χ4n) is 2.46. The van der Waals surface area contributed by atoms with Crippen LogP contribution in [0.4, 0.5) is 0 Å². The molecule has 128 valence electrons. The summed E-state index contributed by atoms with van der Waals surface area (Å²) in [5.41, 5.74) is 10.1. The number of nitrogens with zero attached hydrogens (tertiary/aromatic N) is 1. The van der Waals surface area contributed by atoms with Gasteiger partial charge in [-0.05, 0) is 35.4 Å². The number of rotatable bonds is 5. The highest BCUT2D eigenvalue weighted by atomic mass is 35.5. The summed E-state index contributed by atoms with van der Waals surface area (Å²) in [6.45, 7) is 0.970. The minimum Gasteiger partial charge on any atom is -0.348 e. The molecule has 0 radical (unpaired) electrons. The Kier molecular flexibility index (Phi) is 6.69. The molecular formula is C20H20ClN3O. The zero-order valence-corrected chi connectivity index (χ0v) is 14.5. The van der Waals surface area contributed by atoms with E-state index in [1.807, 2.05) is 60.7 Å². The number of hydrogen-bond donors (Lipinski definition) is 2. The van der Waals surface area contributed by atoms with Crippen molar-refractivity contribution >= 4 is 18.3 Å². The summed E-state index contributed by atoms with van der Waals surface area (Å²) in [5.74, 6) is -0.101. The Balaban J connectivity index is 0.00000225. The zero-order chi connectivity index (χ0) is 16.8. The molecule has 0 unspecified atom stereocenters. The van der Waals surface area contributed by atoms with Crippen LogP contribution in [0.2, 0.25) is 0 Å². The third kappa shape index (κ3) is 4.89. The summed E-state index contributed by atoms with van der Waals surface area (Å²) in [7, 11) is 0. The summed E-state index contributed by atoms with van der Waals surface area (Å²) in [4.78, 5) is 16.7. The molecule has 3 aromatic rings. The van der Waals surface area contributed by atoms with Crippen LogP contribution in [0.15, 0.2) is 72.9 Å². The first-order chi connectivity index (χ1) is 11.8. The molecule has 0 aliphatic heterocycles. The van der Waals surface area contributed by atoms with Crippen molar-refractivity contribution in [3.05, 3.63) is 89.6 Å². The molecule has 1 amide bonds. The van der Waals surface area contributed by atoms with E-state index < -0.39 is 0 Å². The summed E-state index contributed by atoms with van der Waals surface area (Å²) < 4.78 is 0. The number of carbonyl (C=O) groups is 1. The fourth-order valence-corrected chi connectivity index (χ4v) is 2.46. The van der Waals surface area contributed by atoms with E-state index in [1.165, 1.54) is 0 Å². The van der Waals surface area contributed by atoms with Gasteiger partial charge in [-0.1, -0.05) is 42.5 Å². The summed E-state index contributed by atoms with van der Waals surface area (Å²) in [5, 5.41) is 2.94. The van der Waals surface area contributed by atoms with Gasteiger partial charge in [0.25, 0.3) is 5.91 Å². The molecule has 25 heavy (non-hydrogen) atoms. The second kappa shape index (κ2) is 8.97. The second-order valence-corrected chi connectivity index (χ2v) is 5.50. The van der Waals surface area contributed by atoms with Gasteiger partial charge in [-0.15, -0.1) is 12.4 Å². The van der Waals surface area contributed by atoms with Gasteiger partial charge in [-0.3, -0.25) is 9.78 Å². The summed E-state index contributed by atoms with van der Waals surface area (Å²) >= 11 is 0. The molecule has 0 aliphatic carbocycles. The fraction of sp³-hybridized carbons (Fsp3) is 0.100. The van der Waals surface area contributed by atoms with Gasteiger partial charge in [0.2, 0.25) is 0 Å². The molecule has 0 atom stereocenters. The Morgan fingerprint density at radius 2 is 1.76 bits per heavy atom. The normalized spacial score (nSPS) is 9.96. The number of nitrogens with two attached hydrogens (primary N) is 1. The van der Waals surface area contributed by atoms with Crippen LogP contribution in [0.3, 0.4) is 0 Å². The van der Waals surface area contributed by atoms with Gasteiger partial charge in [-0.25, -0.2) is 0 Å². The van der Waals surface area contributed by atoms with Crippen molar-refractivity contribution in [1.29, 1.82) is 0 Å². The monoisotopic (exact) mass is 353 g/mol. The van der Waals surface area contributed by atoms with Crippen LogP contribution in [-0.2, 0) is 13.1 Å². The van der Waals surface area contributed by atoms with Crippen molar-refractivity contribution in [3.8, 4) is 11.3 Å². The predicted molar refractivity (Wildman–Crippen MR) is 102 cm³/mol. The van der Waals surface area contributed by atoms with E-state index >= 15 is 0 Å². The lowest BCUT2D eigenvalue weighted by Crippen LogP contribution is -2.22. The Morgan fingerprint density at radius 1 is 0.960 bits per heavy atom. The Morgan fingerprint density at radius 3 is 2.52 bits per heavy atom. The minimum absolute atomic E-state index is 0. The molecule has 3 rings (SSSR count). The third-order valence-electron chi connectivity index (χ3n) is 3.78. The first-order valence-electron chi connectivity index (χ1n) is 7.84. The van der Waals surface area contributed by atoms with Crippen molar-refractivity contribution in [3.63, 3.8) is 0 Å². The molecule has 1 heterocycles. The van der Waals surface area contributed by atoms with Crippen LogP contribution in [0.25, 0.3) is 11.3 Å². The first-order valence-corrected chi connectivity index (χ1v) is 7.84. The average Bonchev–Trinajstić information content (AvgIpc) is 2.67. The standard InChI is InChI=1S/C20H19N3O.ClH/c21-13-16-9-10-22-19(11-16)17-7-4-8-18(12-17)20(24)23-14-15-5-2-1-3-6-15;/h1-12H,13-14,21H2,(H,23,24);1H. The number of halogens is 1. The van der Waals surface area contributed by atoms with Crippen molar-refractivity contribution in [1.82, 2.24) is 10.3 Å². The van der Waals surface area contributed by atoms with E-state index in [-0.39, 0.29) is 18.3 Å². The first kappa shape index (κ1) is 18.6. The number of amides is 1. The number of aromatic nitrogens is 1. The molecule has 0 fully saturated rings. The smallest absolute Gasteiger partial charge is 0.251 e. The van der Waals surface area contributed by atoms with Gasteiger partial charge in [0, 0.05) is 30.4 Å². The van der Waals surface area contributed by atoms with E-state index in [2.05, 4.69) is 10.3 Å². The third-order valence-corrected chi connectivity index (χ3v) is 3.78. The van der Waals surface area contributed by atoms with Crippen LogP contribution in [0, 0.1) is 0 Å². The lowest BCUT2D eigenvalue weighted by molar-refractivity contribution is 0.0951. The van der Waals surface area contributed by atoms with E-state index in [0.29, 0.717) is 18.7 Å². The molecule has 0 saturated heterocycles. The number of hydrogen-bond acceptors (Lipinski definition) is 3. The lowest BCUT2D eigenvalue weighted by Gasteiger charge is -2.08. The predicted octanol–water partition coefficient (Wildman–Crippen LogP) is 3.56. The highest BCUT2D eigenvalue weighted by Gasteiger charge is 2.08. The van der Waals surface area contributed by atoms with Crippen LogP contribution in [0.5, 0.6) is 0 Å². The molecule has 3 N–H and O–H groups in total. The van der Waals surface area contributed by atoms with Gasteiger partial charge in [0.05, 0.1) is 5.69 Å².